The largest absolute Gasteiger partial charge is 0.350 e. The first-order valence-electron chi connectivity index (χ1n) is 12.8. The number of aromatic nitrogens is 4. The molecular weight excluding hydrogens is 480 g/mol. The van der Waals surface area contributed by atoms with Gasteiger partial charge in [-0.05, 0) is 76.0 Å². The zero-order valence-corrected chi connectivity index (χ0v) is 22.5. The molecule has 200 valence electrons. The van der Waals surface area contributed by atoms with E-state index in [2.05, 4.69) is 58.2 Å². The molecule has 0 radical (unpaired) electrons. The van der Waals surface area contributed by atoms with Crippen LogP contribution in [-0.4, -0.2) is 62.2 Å². The fraction of sp³-hybridized carbons (Fsp3) is 0.393. The zero-order valence-electron chi connectivity index (χ0n) is 22.5. The summed E-state index contributed by atoms with van der Waals surface area (Å²) in [7, 11) is 2.16. The van der Waals surface area contributed by atoms with Crippen LogP contribution in [0.4, 0.5) is 11.6 Å². The maximum atomic E-state index is 13.0. The SMILES string of the molecule is C=CCn1c(=O)c2cnc(Nc3ccc(C4(C)CCN(C)CC4)cc3)nc2n1C(=N)/C=C\C(=O)NC(C)C. The number of piperidine rings is 1. The summed E-state index contributed by atoms with van der Waals surface area (Å²) in [5.41, 5.74) is 2.22. The van der Waals surface area contributed by atoms with Crippen LogP contribution in [0.2, 0.25) is 0 Å². The summed E-state index contributed by atoms with van der Waals surface area (Å²) in [6.45, 7) is 12.1. The number of nitrogens with zero attached hydrogens (tertiary/aromatic N) is 5. The van der Waals surface area contributed by atoms with E-state index in [1.807, 2.05) is 26.0 Å². The first kappa shape index (κ1) is 27.0. The smallest absolute Gasteiger partial charge is 0.278 e. The molecule has 10 heteroatoms. The Hall–Kier alpha value is -4.05. The van der Waals surface area contributed by atoms with E-state index in [4.69, 9.17) is 5.41 Å². The molecule has 3 heterocycles. The number of amides is 1. The number of likely N-dealkylation sites (tertiary alicyclic amines) is 1. The van der Waals surface area contributed by atoms with Crippen molar-refractivity contribution in [3.63, 3.8) is 0 Å². The standard InChI is InChI=1S/C28H36N8O2/c1-6-15-35-26(38)22-18-30-27(33-25(22)36(35)23(29)11-12-24(37)31-19(2)3)32-21-9-7-20(8-10-21)28(4)13-16-34(5)17-14-28/h6-12,18-19,29H,1,13-17H2,2-5H3,(H,31,37)(H,30,32,33)/b12-11-,29-23?. The molecule has 10 nitrogen and oxygen atoms in total. The minimum Gasteiger partial charge on any atom is -0.350 e. The van der Waals surface area contributed by atoms with E-state index in [9.17, 15) is 9.59 Å². The third-order valence-electron chi connectivity index (χ3n) is 6.96. The average molecular weight is 517 g/mol. The van der Waals surface area contributed by atoms with Gasteiger partial charge in [0, 0.05) is 24.0 Å². The number of benzene rings is 1. The van der Waals surface area contributed by atoms with Crippen molar-refractivity contribution in [1.82, 2.24) is 29.5 Å². The molecule has 1 aromatic carbocycles. The van der Waals surface area contributed by atoms with Gasteiger partial charge in [-0.25, -0.2) is 14.3 Å². The van der Waals surface area contributed by atoms with Gasteiger partial charge < -0.3 is 15.5 Å². The van der Waals surface area contributed by atoms with Crippen LogP contribution in [0.1, 0.15) is 39.2 Å². The predicted octanol–water partition coefficient (Wildman–Crippen LogP) is 3.41. The van der Waals surface area contributed by atoms with Gasteiger partial charge in [-0.2, -0.15) is 4.98 Å². The van der Waals surface area contributed by atoms with Crippen LogP contribution in [-0.2, 0) is 16.8 Å². The third-order valence-corrected chi connectivity index (χ3v) is 6.96. The molecule has 3 N–H and O–H groups in total. The Morgan fingerprint density at radius 3 is 2.53 bits per heavy atom. The summed E-state index contributed by atoms with van der Waals surface area (Å²) in [4.78, 5) is 36.4. The van der Waals surface area contributed by atoms with Crippen molar-refractivity contribution in [3.05, 3.63) is 71.2 Å². The number of rotatable bonds is 8. The Balaban J connectivity index is 1.62. The molecule has 2 aromatic heterocycles. The van der Waals surface area contributed by atoms with Crippen LogP contribution in [0.25, 0.3) is 11.0 Å². The van der Waals surface area contributed by atoms with Gasteiger partial charge in [0.2, 0.25) is 11.9 Å². The lowest BCUT2D eigenvalue weighted by atomic mass is 9.74. The second-order valence-electron chi connectivity index (χ2n) is 10.4. The summed E-state index contributed by atoms with van der Waals surface area (Å²) < 4.78 is 2.72. The highest BCUT2D eigenvalue weighted by Crippen LogP contribution is 2.35. The first-order chi connectivity index (χ1) is 18.1. The number of hydrogen-bond acceptors (Lipinski definition) is 7. The minimum absolute atomic E-state index is 0.0321. The molecule has 1 saturated heterocycles. The van der Waals surface area contributed by atoms with Crippen molar-refractivity contribution in [2.24, 2.45) is 0 Å². The predicted molar refractivity (Wildman–Crippen MR) is 151 cm³/mol. The third kappa shape index (κ3) is 5.75. The molecule has 1 amide bonds. The summed E-state index contributed by atoms with van der Waals surface area (Å²) in [5.74, 6) is -0.110. The molecule has 1 fully saturated rings. The molecule has 0 spiro atoms. The van der Waals surface area contributed by atoms with Gasteiger partial charge in [0.15, 0.2) is 5.65 Å². The van der Waals surface area contributed by atoms with Gasteiger partial charge in [0.1, 0.15) is 11.2 Å². The highest BCUT2D eigenvalue weighted by molar-refractivity contribution is 6.01. The van der Waals surface area contributed by atoms with Crippen molar-refractivity contribution in [2.75, 3.05) is 25.5 Å². The average Bonchev–Trinajstić information content (AvgIpc) is 3.15. The van der Waals surface area contributed by atoms with E-state index in [-0.39, 0.29) is 46.3 Å². The highest BCUT2D eigenvalue weighted by atomic mass is 16.1. The van der Waals surface area contributed by atoms with Crippen LogP contribution >= 0.6 is 0 Å². The van der Waals surface area contributed by atoms with Gasteiger partial charge in [0.25, 0.3) is 5.56 Å². The lowest BCUT2D eigenvalue weighted by Crippen LogP contribution is -2.38. The van der Waals surface area contributed by atoms with E-state index in [0.717, 1.165) is 31.6 Å². The minimum atomic E-state index is -0.341. The molecular formula is C28H36N8O2. The number of fused-ring (bicyclic) bond motifs is 1. The molecule has 1 aliphatic rings. The molecule has 1 aliphatic heterocycles. The number of hydrogen-bond donors (Lipinski definition) is 3. The van der Waals surface area contributed by atoms with E-state index in [1.165, 1.54) is 33.3 Å². The van der Waals surface area contributed by atoms with Crippen molar-refractivity contribution in [3.8, 4) is 0 Å². The van der Waals surface area contributed by atoms with Crippen LogP contribution in [0.5, 0.6) is 0 Å². The Morgan fingerprint density at radius 1 is 1.21 bits per heavy atom. The number of anilines is 2. The molecule has 0 aliphatic carbocycles. The van der Waals surface area contributed by atoms with Gasteiger partial charge >= 0.3 is 0 Å². The summed E-state index contributed by atoms with van der Waals surface area (Å²) >= 11 is 0. The summed E-state index contributed by atoms with van der Waals surface area (Å²) in [5, 5.41) is 14.8. The second kappa shape index (κ2) is 11.1. The van der Waals surface area contributed by atoms with Gasteiger partial charge in [-0.1, -0.05) is 25.1 Å². The van der Waals surface area contributed by atoms with Crippen LogP contribution in [0.3, 0.4) is 0 Å². The fourth-order valence-electron chi connectivity index (χ4n) is 4.66. The Morgan fingerprint density at radius 2 is 1.89 bits per heavy atom. The summed E-state index contributed by atoms with van der Waals surface area (Å²) in [6, 6.07) is 8.29. The number of carbonyl (C=O) groups is 1. The topological polar surface area (TPSA) is 121 Å². The normalized spacial score (nSPS) is 15.7. The maximum absolute atomic E-state index is 13.0. The molecule has 0 saturated carbocycles. The molecule has 0 bridgehead atoms. The Labute approximate surface area is 222 Å². The lowest BCUT2D eigenvalue weighted by molar-refractivity contribution is -0.116. The molecule has 3 aromatic rings. The van der Waals surface area contributed by atoms with Gasteiger partial charge in [0.05, 0.1) is 6.54 Å². The quantitative estimate of drug-likeness (QED) is 0.183. The van der Waals surface area contributed by atoms with Crippen molar-refractivity contribution >= 4 is 34.4 Å². The van der Waals surface area contributed by atoms with Gasteiger partial charge in [-0.15, -0.1) is 6.58 Å². The molecule has 0 unspecified atom stereocenters. The van der Waals surface area contributed by atoms with E-state index in [0.29, 0.717) is 5.95 Å². The summed E-state index contributed by atoms with van der Waals surface area (Å²) in [6.07, 6.45) is 7.87. The van der Waals surface area contributed by atoms with E-state index < -0.39 is 0 Å². The second-order valence-corrected chi connectivity index (χ2v) is 10.4. The number of nitrogens with one attached hydrogen (secondary N) is 3. The maximum Gasteiger partial charge on any atom is 0.278 e. The van der Waals surface area contributed by atoms with Crippen molar-refractivity contribution < 1.29 is 4.79 Å². The number of carbonyl (C=O) groups excluding carboxylic acids is 1. The first-order valence-corrected chi connectivity index (χ1v) is 12.8. The van der Waals surface area contributed by atoms with Crippen LogP contribution in [0.15, 0.2) is 60.1 Å². The van der Waals surface area contributed by atoms with E-state index in [1.54, 1.807) is 6.08 Å². The van der Waals surface area contributed by atoms with Crippen molar-refractivity contribution in [1.29, 1.82) is 5.41 Å². The van der Waals surface area contributed by atoms with E-state index >= 15 is 0 Å². The monoisotopic (exact) mass is 516 g/mol. The highest BCUT2D eigenvalue weighted by Gasteiger charge is 2.30. The van der Waals surface area contributed by atoms with Crippen molar-refractivity contribution in [2.45, 2.75) is 51.6 Å². The van der Waals surface area contributed by atoms with Crippen LogP contribution in [0, 0.1) is 5.41 Å². The van der Waals surface area contributed by atoms with Gasteiger partial charge in [-0.3, -0.25) is 15.0 Å². The molecule has 4 rings (SSSR count). The zero-order chi connectivity index (χ0) is 27.4. The Bertz CT molecular complexity index is 1420. The lowest BCUT2D eigenvalue weighted by Gasteiger charge is -2.38. The Kier molecular flexibility index (Phi) is 7.91. The van der Waals surface area contributed by atoms with Crippen LogP contribution < -0.4 is 16.2 Å². The number of allylic oxidation sites excluding steroid dienone is 2. The molecule has 38 heavy (non-hydrogen) atoms. The fourth-order valence-corrected chi connectivity index (χ4v) is 4.66. The molecule has 0 atom stereocenters.